The van der Waals surface area contributed by atoms with Crippen LogP contribution in [0, 0.1) is 11.2 Å². The van der Waals surface area contributed by atoms with Crippen molar-refractivity contribution in [1.29, 1.82) is 0 Å². The van der Waals surface area contributed by atoms with Crippen molar-refractivity contribution in [3.8, 4) is 0 Å². The Balaban J connectivity index is 1.98. The summed E-state index contributed by atoms with van der Waals surface area (Å²) in [5.41, 5.74) is 5.51. The molecule has 2 aliphatic rings. The molecule has 0 aliphatic carbocycles. The average Bonchev–Trinajstić information content (AvgIpc) is 3.02. The van der Waals surface area contributed by atoms with Gasteiger partial charge in [0.05, 0.1) is 23.3 Å². The summed E-state index contributed by atoms with van der Waals surface area (Å²) in [5, 5.41) is 10.7. The quantitative estimate of drug-likeness (QED) is 0.897. The van der Waals surface area contributed by atoms with Crippen LogP contribution in [0.1, 0.15) is 30.9 Å². The van der Waals surface area contributed by atoms with Gasteiger partial charge in [0.2, 0.25) is 0 Å². The highest BCUT2D eigenvalue weighted by molar-refractivity contribution is 6.30. The molecular formula is C14H17ClFNO2. The van der Waals surface area contributed by atoms with E-state index in [4.69, 9.17) is 22.1 Å². The lowest BCUT2D eigenvalue weighted by molar-refractivity contribution is -0.0279. The summed E-state index contributed by atoms with van der Waals surface area (Å²) < 4.78 is 19.9. The standard InChI is InChI=1S/C14H17ClFNO2/c15-10-3-1-2-9(12(10)16)13(18)14(7-17)6-8-4-5-11(14)19-8/h1-3,8,11,13,18H,4-7,17H2. The fourth-order valence-corrected chi connectivity index (χ4v) is 3.67. The number of hydrogen-bond donors (Lipinski definition) is 2. The minimum absolute atomic E-state index is 0.0211. The number of aliphatic hydroxyl groups is 1. The topological polar surface area (TPSA) is 55.5 Å². The number of halogens is 2. The van der Waals surface area contributed by atoms with Gasteiger partial charge in [-0.15, -0.1) is 0 Å². The Morgan fingerprint density at radius 1 is 1.53 bits per heavy atom. The highest BCUT2D eigenvalue weighted by Crippen LogP contribution is 2.54. The predicted octanol–water partition coefficient (Wildman–Crippen LogP) is 2.41. The Morgan fingerprint density at radius 3 is 2.89 bits per heavy atom. The Morgan fingerprint density at radius 2 is 2.32 bits per heavy atom. The SMILES string of the molecule is NCC1(C(O)c2cccc(Cl)c2F)CC2CCC1O2. The summed E-state index contributed by atoms with van der Waals surface area (Å²) in [4.78, 5) is 0. The van der Waals surface area contributed by atoms with Crippen LogP contribution in [-0.2, 0) is 4.74 Å². The molecule has 2 aliphatic heterocycles. The molecule has 0 saturated carbocycles. The molecule has 1 aromatic carbocycles. The van der Waals surface area contributed by atoms with Crippen molar-refractivity contribution in [1.82, 2.24) is 0 Å². The summed E-state index contributed by atoms with van der Waals surface area (Å²) in [6.07, 6.45) is 1.63. The highest BCUT2D eigenvalue weighted by atomic mass is 35.5. The number of rotatable bonds is 3. The lowest BCUT2D eigenvalue weighted by atomic mass is 9.68. The molecule has 2 saturated heterocycles. The molecule has 0 aromatic heterocycles. The second kappa shape index (κ2) is 4.70. The summed E-state index contributed by atoms with van der Waals surface area (Å²) in [6, 6.07) is 4.68. The molecular weight excluding hydrogens is 269 g/mol. The van der Waals surface area contributed by atoms with Gasteiger partial charge in [0.1, 0.15) is 5.82 Å². The molecule has 0 spiro atoms. The van der Waals surface area contributed by atoms with E-state index < -0.39 is 17.3 Å². The van der Waals surface area contributed by atoms with Gasteiger partial charge in [-0.1, -0.05) is 23.7 Å². The summed E-state index contributed by atoms with van der Waals surface area (Å²) in [6.45, 7) is 0.279. The Kier molecular flexibility index (Phi) is 3.29. The molecule has 3 rings (SSSR count). The fourth-order valence-electron chi connectivity index (χ4n) is 3.49. The van der Waals surface area contributed by atoms with E-state index in [0.29, 0.717) is 6.42 Å². The molecule has 1 aromatic rings. The first-order valence-corrected chi connectivity index (χ1v) is 6.94. The van der Waals surface area contributed by atoms with E-state index in [2.05, 4.69) is 0 Å². The Labute approximate surface area is 116 Å². The molecule has 2 bridgehead atoms. The van der Waals surface area contributed by atoms with Gasteiger partial charge in [-0.05, 0) is 25.3 Å². The van der Waals surface area contributed by atoms with E-state index >= 15 is 0 Å². The van der Waals surface area contributed by atoms with Crippen molar-refractivity contribution in [3.05, 3.63) is 34.6 Å². The highest BCUT2D eigenvalue weighted by Gasteiger charge is 2.56. The van der Waals surface area contributed by atoms with Crippen LogP contribution < -0.4 is 5.73 Å². The summed E-state index contributed by atoms with van der Waals surface area (Å²) in [7, 11) is 0. The Bertz CT molecular complexity index is 498. The Hall–Kier alpha value is -0.680. The van der Waals surface area contributed by atoms with Crippen LogP contribution in [0.4, 0.5) is 4.39 Å². The average molecular weight is 286 g/mol. The van der Waals surface area contributed by atoms with E-state index in [1.165, 1.54) is 6.07 Å². The lowest BCUT2D eigenvalue weighted by Crippen LogP contribution is -2.44. The van der Waals surface area contributed by atoms with Gasteiger partial charge in [0.15, 0.2) is 0 Å². The third-order valence-electron chi connectivity index (χ3n) is 4.56. The zero-order valence-electron chi connectivity index (χ0n) is 10.5. The van der Waals surface area contributed by atoms with Gasteiger partial charge in [0, 0.05) is 17.5 Å². The van der Waals surface area contributed by atoms with Gasteiger partial charge < -0.3 is 15.6 Å². The predicted molar refractivity (Wildman–Crippen MR) is 70.4 cm³/mol. The molecule has 4 atom stereocenters. The van der Waals surface area contributed by atoms with Crippen molar-refractivity contribution in [2.45, 2.75) is 37.6 Å². The first-order valence-electron chi connectivity index (χ1n) is 6.56. The minimum atomic E-state index is -0.980. The molecule has 104 valence electrons. The van der Waals surface area contributed by atoms with Crippen molar-refractivity contribution >= 4 is 11.6 Å². The van der Waals surface area contributed by atoms with Crippen molar-refractivity contribution in [3.63, 3.8) is 0 Å². The number of nitrogens with two attached hydrogens (primary N) is 1. The maximum absolute atomic E-state index is 14.1. The molecule has 4 unspecified atom stereocenters. The van der Waals surface area contributed by atoms with E-state index in [1.807, 2.05) is 0 Å². The van der Waals surface area contributed by atoms with Crippen molar-refractivity contribution in [2.24, 2.45) is 11.1 Å². The van der Waals surface area contributed by atoms with Crippen LogP contribution in [0.5, 0.6) is 0 Å². The monoisotopic (exact) mass is 285 g/mol. The summed E-state index contributed by atoms with van der Waals surface area (Å²) in [5.74, 6) is -0.563. The molecule has 3 nitrogen and oxygen atoms in total. The van der Waals surface area contributed by atoms with Crippen LogP contribution in [0.3, 0.4) is 0 Å². The van der Waals surface area contributed by atoms with E-state index in [1.54, 1.807) is 12.1 Å². The van der Waals surface area contributed by atoms with Gasteiger partial charge in [-0.25, -0.2) is 4.39 Å². The summed E-state index contributed by atoms with van der Waals surface area (Å²) >= 11 is 5.78. The van der Waals surface area contributed by atoms with Gasteiger partial charge >= 0.3 is 0 Å². The maximum Gasteiger partial charge on any atom is 0.147 e. The number of benzene rings is 1. The van der Waals surface area contributed by atoms with Crippen LogP contribution in [0.25, 0.3) is 0 Å². The van der Waals surface area contributed by atoms with E-state index in [0.717, 1.165) is 12.8 Å². The maximum atomic E-state index is 14.1. The van der Waals surface area contributed by atoms with E-state index in [9.17, 15) is 9.50 Å². The smallest absolute Gasteiger partial charge is 0.147 e. The van der Waals surface area contributed by atoms with Crippen molar-refractivity contribution < 1.29 is 14.2 Å². The van der Waals surface area contributed by atoms with Crippen molar-refractivity contribution in [2.75, 3.05) is 6.54 Å². The number of ether oxygens (including phenoxy) is 1. The zero-order valence-corrected chi connectivity index (χ0v) is 11.2. The van der Waals surface area contributed by atoms with Crippen LogP contribution in [-0.4, -0.2) is 23.9 Å². The van der Waals surface area contributed by atoms with E-state index in [-0.39, 0.29) is 29.3 Å². The molecule has 3 N–H and O–H groups in total. The molecule has 2 fully saturated rings. The number of hydrogen-bond acceptors (Lipinski definition) is 3. The van der Waals surface area contributed by atoms with Gasteiger partial charge in [-0.3, -0.25) is 0 Å². The normalized spacial score (nSPS) is 34.7. The van der Waals surface area contributed by atoms with Crippen LogP contribution in [0.2, 0.25) is 5.02 Å². The second-order valence-corrected chi connectivity index (χ2v) is 5.92. The molecule has 0 radical (unpaired) electrons. The van der Waals surface area contributed by atoms with Gasteiger partial charge in [-0.2, -0.15) is 0 Å². The largest absolute Gasteiger partial charge is 0.388 e. The van der Waals surface area contributed by atoms with Crippen LogP contribution in [0.15, 0.2) is 18.2 Å². The second-order valence-electron chi connectivity index (χ2n) is 5.51. The first-order chi connectivity index (χ1) is 9.08. The molecule has 0 amide bonds. The lowest BCUT2D eigenvalue weighted by Gasteiger charge is -2.38. The number of fused-ring (bicyclic) bond motifs is 2. The molecule has 2 heterocycles. The fraction of sp³-hybridized carbons (Fsp3) is 0.571. The third kappa shape index (κ3) is 1.89. The van der Waals surface area contributed by atoms with Gasteiger partial charge in [0.25, 0.3) is 0 Å². The number of aliphatic hydroxyl groups excluding tert-OH is 1. The zero-order chi connectivity index (χ0) is 13.6. The third-order valence-corrected chi connectivity index (χ3v) is 4.85. The first kappa shape index (κ1) is 13.3. The van der Waals surface area contributed by atoms with Crippen LogP contribution >= 0.6 is 11.6 Å². The molecule has 5 heteroatoms. The molecule has 19 heavy (non-hydrogen) atoms. The minimum Gasteiger partial charge on any atom is -0.388 e.